The molecule has 0 aliphatic rings. The molecule has 0 fully saturated rings. The Balaban J connectivity index is 2.13. The van der Waals surface area contributed by atoms with Crippen molar-refractivity contribution in [3.8, 4) is 6.19 Å². The molecule has 0 aliphatic heterocycles. The van der Waals surface area contributed by atoms with Gasteiger partial charge in [0.25, 0.3) is 0 Å². The number of aromatic nitrogens is 2. The molecule has 0 unspecified atom stereocenters. The molecule has 6 nitrogen and oxygen atoms in total. The first kappa shape index (κ1) is 12.7. The van der Waals surface area contributed by atoms with Gasteiger partial charge in [-0.05, 0) is 11.5 Å². The van der Waals surface area contributed by atoms with Gasteiger partial charge in [0.2, 0.25) is 5.96 Å². The van der Waals surface area contributed by atoms with Gasteiger partial charge in [-0.2, -0.15) is 17.0 Å². The van der Waals surface area contributed by atoms with Gasteiger partial charge in [0, 0.05) is 23.9 Å². The number of nitrogens with one attached hydrogen (secondary N) is 2. The van der Waals surface area contributed by atoms with Crippen LogP contribution in [-0.4, -0.2) is 34.9 Å². The van der Waals surface area contributed by atoms with Crippen LogP contribution in [0.3, 0.4) is 0 Å². The molecule has 2 N–H and O–H groups in total. The molecule has 0 saturated carbocycles. The summed E-state index contributed by atoms with van der Waals surface area (Å²) in [4.78, 5) is 4.17. The van der Waals surface area contributed by atoms with Crippen LogP contribution < -0.4 is 10.6 Å². The van der Waals surface area contributed by atoms with Gasteiger partial charge in [0.1, 0.15) is 0 Å². The monoisotopic (exact) mass is 256 g/mol. The van der Waals surface area contributed by atoms with Crippen LogP contribution in [-0.2, 0) is 5.75 Å². The standard InChI is InChI=1S/C8H12N6S2/c1-10-8(12-6-9)11-2-3-15-4-7-5-16-14-13-7/h5H,2-4H2,1H3,(H2,10,11,12). The summed E-state index contributed by atoms with van der Waals surface area (Å²) in [5.74, 6) is 2.24. The van der Waals surface area contributed by atoms with Crippen molar-refractivity contribution in [1.29, 1.82) is 5.26 Å². The Hall–Kier alpha value is -1.33. The van der Waals surface area contributed by atoms with Crippen LogP contribution in [0, 0.1) is 11.5 Å². The van der Waals surface area contributed by atoms with Gasteiger partial charge in [-0.3, -0.25) is 10.3 Å². The lowest BCUT2D eigenvalue weighted by molar-refractivity contribution is 1.01. The average Bonchev–Trinajstić information content (AvgIpc) is 2.80. The first-order chi connectivity index (χ1) is 7.86. The van der Waals surface area contributed by atoms with Gasteiger partial charge in [-0.1, -0.05) is 4.49 Å². The number of guanidine groups is 1. The Morgan fingerprint density at radius 2 is 2.62 bits per heavy atom. The van der Waals surface area contributed by atoms with Crippen LogP contribution in [0.4, 0.5) is 0 Å². The molecular formula is C8H12N6S2. The minimum Gasteiger partial charge on any atom is -0.359 e. The molecule has 0 bridgehead atoms. The van der Waals surface area contributed by atoms with E-state index in [-0.39, 0.29) is 0 Å². The molecule has 0 atom stereocenters. The van der Waals surface area contributed by atoms with Crippen molar-refractivity contribution in [2.24, 2.45) is 4.99 Å². The number of aliphatic imine (C=N–C) groups is 1. The highest BCUT2D eigenvalue weighted by Gasteiger charge is 1.96. The largest absolute Gasteiger partial charge is 0.359 e. The summed E-state index contributed by atoms with van der Waals surface area (Å²) < 4.78 is 3.78. The minimum absolute atomic E-state index is 0.499. The number of rotatable bonds is 5. The lowest BCUT2D eigenvalue weighted by Gasteiger charge is -2.01. The molecule has 0 aromatic carbocycles. The molecular weight excluding hydrogens is 244 g/mol. The number of nitriles is 1. The van der Waals surface area contributed by atoms with E-state index >= 15 is 0 Å². The highest BCUT2D eigenvalue weighted by molar-refractivity contribution is 7.98. The maximum absolute atomic E-state index is 8.39. The number of thioether (sulfide) groups is 1. The second-order valence-electron chi connectivity index (χ2n) is 2.67. The Morgan fingerprint density at radius 3 is 3.25 bits per heavy atom. The Bertz CT molecular complexity index is 355. The third-order valence-corrected chi connectivity index (χ3v) is 3.10. The van der Waals surface area contributed by atoms with E-state index in [0.29, 0.717) is 12.5 Å². The zero-order valence-electron chi connectivity index (χ0n) is 8.80. The molecule has 1 heterocycles. The van der Waals surface area contributed by atoms with E-state index in [2.05, 4.69) is 25.2 Å². The minimum atomic E-state index is 0.499. The second-order valence-corrected chi connectivity index (χ2v) is 4.38. The van der Waals surface area contributed by atoms with Crippen molar-refractivity contribution >= 4 is 29.3 Å². The second kappa shape index (κ2) is 7.90. The van der Waals surface area contributed by atoms with Gasteiger partial charge in [-0.15, -0.1) is 5.10 Å². The summed E-state index contributed by atoms with van der Waals surface area (Å²) in [6, 6.07) is 0. The Labute approximate surface area is 102 Å². The van der Waals surface area contributed by atoms with Crippen LogP contribution >= 0.6 is 23.3 Å². The van der Waals surface area contributed by atoms with E-state index in [1.165, 1.54) is 11.5 Å². The predicted octanol–water partition coefficient (Wildman–Crippen LogP) is 0.417. The first-order valence-corrected chi connectivity index (χ1v) is 6.57. The fourth-order valence-electron chi connectivity index (χ4n) is 0.880. The Kier molecular flexibility index (Phi) is 6.29. The average molecular weight is 256 g/mol. The fraction of sp³-hybridized carbons (Fsp3) is 0.500. The molecule has 1 aromatic rings. The van der Waals surface area contributed by atoms with Crippen molar-refractivity contribution in [3.05, 3.63) is 11.1 Å². The highest BCUT2D eigenvalue weighted by atomic mass is 32.2. The number of hydrogen-bond acceptors (Lipinski definition) is 6. The zero-order chi connectivity index (χ0) is 11.6. The van der Waals surface area contributed by atoms with Gasteiger partial charge in [0.05, 0.1) is 12.2 Å². The van der Waals surface area contributed by atoms with Crippen LogP contribution in [0.2, 0.25) is 0 Å². The Morgan fingerprint density at radius 1 is 1.75 bits per heavy atom. The van der Waals surface area contributed by atoms with E-state index in [9.17, 15) is 0 Å². The van der Waals surface area contributed by atoms with Gasteiger partial charge in [0.15, 0.2) is 6.19 Å². The van der Waals surface area contributed by atoms with E-state index in [4.69, 9.17) is 5.26 Å². The molecule has 86 valence electrons. The van der Waals surface area contributed by atoms with Crippen molar-refractivity contribution in [2.45, 2.75) is 5.75 Å². The molecule has 1 aromatic heterocycles. The number of hydrogen-bond donors (Lipinski definition) is 2. The summed E-state index contributed by atoms with van der Waals surface area (Å²) in [5.41, 5.74) is 1.00. The first-order valence-electron chi connectivity index (χ1n) is 4.57. The summed E-state index contributed by atoms with van der Waals surface area (Å²) in [6.45, 7) is 0.660. The lowest BCUT2D eigenvalue weighted by atomic mass is 10.6. The normalized spacial score (nSPS) is 10.9. The van der Waals surface area contributed by atoms with Crippen molar-refractivity contribution in [1.82, 2.24) is 20.2 Å². The van der Waals surface area contributed by atoms with E-state index in [0.717, 1.165) is 17.2 Å². The predicted molar refractivity (Wildman–Crippen MR) is 66.2 cm³/mol. The van der Waals surface area contributed by atoms with E-state index in [1.807, 2.05) is 11.6 Å². The van der Waals surface area contributed by atoms with Crippen LogP contribution in [0.5, 0.6) is 0 Å². The SMILES string of the molecule is CNC(=NCCSCc1csnn1)NC#N. The fourth-order valence-corrected chi connectivity index (χ4v) is 2.15. The number of nitrogens with zero attached hydrogens (tertiary/aromatic N) is 4. The van der Waals surface area contributed by atoms with Crippen molar-refractivity contribution in [2.75, 3.05) is 19.3 Å². The van der Waals surface area contributed by atoms with Gasteiger partial charge in [-0.25, -0.2) is 0 Å². The quantitative estimate of drug-likeness (QED) is 0.261. The maximum Gasteiger partial charge on any atom is 0.204 e. The summed E-state index contributed by atoms with van der Waals surface area (Å²) in [5, 5.41) is 19.5. The summed E-state index contributed by atoms with van der Waals surface area (Å²) in [7, 11) is 1.72. The molecule has 0 aliphatic carbocycles. The third-order valence-electron chi connectivity index (χ3n) is 1.57. The summed E-state index contributed by atoms with van der Waals surface area (Å²) in [6.07, 6.45) is 1.82. The third kappa shape index (κ3) is 4.95. The molecule has 0 spiro atoms. The van der Waals surface area contributed by atoms with Crippen LogP contribution in [0.1, 0.15) is 5.69 Å². The van der Waals surface area contributed by atoms with Crippen LogP contribution in [0.15, 0.2) is 10.4 Å². The summed E-state index contributed by atoms with van der Waals surface area (Å²) >= 11 is 3.10. The zero-order valence-corrected chi connectivity index (χ0v) is 10.4. The van der Waals surface area contributed by atoms with E-state index in [1.54, 1.807) is 18.8 Å². The van der Waals surface area contributed by atoms with Gasteiger partial charge < -0.3 is 5.32 Å². The maximum atomic E-state index is 8.39. The van der Waals surface area contributed by atoms with Crippen LogP contribution in [0.25, 0.3) is 0 Å². The smallest absolute Gasteiger partial charge is 0.204 e. The molecule has 0 radical (unpaired) electrons. The van der Waals surface area contributed by atoms with Gasteiger partial charge >= 0.3 is 0 Å². The van der Waals surface area contributed by atoms with Crippen molar-refractivity contribution in [3.63, 3.8) is 0 Å². The molecule has 1 rings (SSSR count). The lowest BCUT2D eigenvalue weighted by Crippen LogP contribution is -2.31. The van der Waals surface area contributed by atoms with E-state index < -0.39 is 0 Å². The highest BCUT2D eigenvalue weighted by Crippen LogP contribution is 2.09. The molecule has 16 heavy (non-hydrogen) atoms. The molecule has 0 saturated heterocycles. The molecule has 8 heteroatoms. The van der Waals surface area contributed by atoms with Crippen molar-refractivity contribution < 1.29 is 0 Å². The molecule has 0 amide bonds. The topological polar surface area (TPSA) is 86.0 Å².